The van der Waals surface area contributed by atoms with Gasteiger partial charge in [0.05, 0.1) is 5.56 Å². The average Bonchev–Trinajstić information content (AvgIpc) is 3.17. The molecule has 0 amide bonds. The molecule has 5 rings (SSSR count). The number of hydrogen-bond acceptors (Lipinski definition) is 5. The maximum atomic E-state index is 13.1. The van der Waals surface area contributed by atoms with Crippen molar-refractivity contribution >= 4 is 34.6 Å². The van der Waals surface area contributed by atoms with Crippen LogP contribution in [0.3, 0.4) is 0 Å². The van der Waals surface area contributed by atoms with Crippen LogP contribution in [0.1, 0.15) is 42.9 Å². The summed E-state index contributed by atoms with van der Waals surface area (Å²) < 4.78 is 46.1. The molecule has 1 aliphatic carbocycles. The number of halogens is 4. The lowest BCUT2D eigenvalue weighted by Gasteiger charge is -2.32. The standard InChI is InChI=1S/C28H26ClF3N4O3/c1-15-6-11-22(29)20(12-15)21-14-36(13-17-7-9-19(10-8-17)28(30,31)32)24-23(21)34-26(39-27(37)38)35-25(24)33-16(2)18-4-3-5-18/h6-12,14,16,18H,3-5,13H2,1-2H3,(H,37,38)(H,33,34,35)/t16-/m1/s1. The number of fused-ring (bicyclic) bond motifs is 1. The van der Waals surface area contributed by atoms with Crippen LogP contribution < -0.4 is 10.1 Å². The lowest BCUT2D eigenvalue weighted by molar-refractivity contribution is -0.137. The highest BCUT2D eigenvalue weighted by atomic mass is 35.5. The number of carboxylic acid groups (broad SMARTS) is 1. The zero-order chi connectivity index (χ0) is 27.9. The molecule has 0 bridgehead atoms. The second-order valence-electron chi connectivity index (χ2n) is 9.89. The van der Waals surface area contributed by atoms with Crippen molar-refractivity contribution in [3.8, 4) is 17.1 Å². The van der Waals surface area contributed by atoms with Crippen molar-refractivity contribution in [1.82, 2.24) is 14.5 Å². The summed E-state index contributed by atoms with van der Waals surface area (Å²) in [7, 11) is 0. The number of aryl methyl sites for hydroxylation is 1. The fraction of sp³-hybridized carbons (Fsp3) is 0.321. The van der Waals surface area contributed by atoms with Crippen molar-refractivity contribution < 1.29 is 27.8 Å². The van der Waals surface area contributed by atoms with Gasteiger partial charge in [0.1, 0.15) is 11.0 Å². The predicted octanol–water partition coefficient (Wildman–Crippen LogP) is 7.78. The Hall–Kier alpha value is -3.79. The number of aromatic nitrogens is 3. The number of nitrogens with one attached hydrogen (secondary N) is 1. The third kappa shape index (κ3) is 5.66. The summed E-state index contributed by atoms with van der Waals surface area (Å²) in [6, 6.07) is 10.2. The van der Waals surface area contributed by atoms with Crippen LogP contribution in [-0.2, 0) is 12.7 Å². The molecular weight excluding hydrogens is 533 g/mol. The Balaban J connectivity index is 1.69. The Morgan fingerprint density at radius 3 is 2.51 bits per heavy atom. The summed E-state index contributed by atoms with van der Waals surface area (Å²) in [5.41, 5.74) is 3.10. The molecule has 2 aromatic heterocycles. The fourth-order valence-corrected chi connectivity index (χ4v) is 5.06. The normalized spacial score (nSPS) is 14.7. The Bertz CT molecular complexity index is 1530. The summed E-state index contributed by atoms with van der Waals surface area (Å²) in [4.78, 5) is 20.2. The molecule has 204 valence electrons. The Morgan fingerprint density at radius 2 is 1.90 bits per heavy atom. The van der Waals surface area contributed by atoms with Gasteiger partial charge in [-0.1, -0.05) is 41.8 Å². The van der Waals surface area contributed by atoms with Crippen LogP contribution in [0.25, 0.3) is 22.2 Å². The molecule has 1 atom stereocenters. The van der Waals surface area contributed by atoms with E-state index >= 15 is 0 Å². The van der Waals surface area contributed by atoms with Crippen molar-refractivity contribution in [2.45, 2.75) is 51.9 Å². The summed E-state index contributed by atoms with van der Waals surface area (Å²) in [6.45, 7) is 4.17. The third-order valence-corrected chi connectivity index (χ3v) is 7.47. The zero-order valence-corrected chi connectivity index (χ0v) is 22.0. The molecule has 39 heavy (non-hydrogen) atoms. The van der Waals surface area contributed by atoms with Gasteiger partial charge in [0.2, 0.25) is 0 Å². The van der Waals surface area contributed by atoms with Gasteiger partial charge in [0, 0.05) is 34.9 Å². The topological polar surface area (TPSA) is 89.3 Å². The van der Waals surface area contributed by atoms with Crippen molar-refractivity contribution in [3.05, 3.63) is 70.4 Å². The van der Waals surface area contributed by atoms with Crippen molar-refractivity contribution in [2.24, 2.45) is 5.92 Å². The van der Waals surface area contributed by atoms with Crippen molar-refractivity contribution in [1.29, 1.82) is 0 Å². The van der Waals surface area contributed by atoms with E-state index in [4.69, 9.17) is 16.3 Å². The first-order valence-electron chi connectivity index (χ1n) is 12.5. The van der Waals surface area contributed by atoms with Crippen LogP contribution in [0.4, 0.5) is 23.8 Å². The SMILES string of the molecule is Cc1ccc(Cl)c(-c2cn(Cc3ccc(C(F)(F)F)cc3)c3c(N[C@H](C)C4CCC4)nc(OC(=O)O)nc23)c1. The third-order valence-electron chi connectivity index (χ3n) is 7.14. The summed E-state index contributed by atoms with van der Waals surface area (Å²) in [6.07, 6.45) is -0.900. The first kappa shape index (κ1) is 26.8. The highest BCUT2D eigenvalue weighted by molar-refractivity contribution is 6.33. The number of benzene rings is 2. The molecule has 0 radical (unpaired) electrons. The van der Waals surface area contributed by atoms with Gasteiger partial charge in [-0.25, -0.2) is 4.79 Å². The van der Waals surface area contributed by atoms with Crippen LogP contribution in [0.5, 0.6) is 6.01 Å². The minimum absolute atomic E-state index is 0.0370. The molecule has 1 aliphatic rings. The van der Waals surface area contributed by atoms with Crippen LogP contribution in [-0.4, -0.2) is 31.8 Å². The lowest BCUT2D eigenvalue weighted by atomic mass is 9.80. The molecule has 2 aromatic carbocycles. The van der Waals surface area contributed by atoms with E-state index in [1.54, 1.807) is 12.3 Å². The van der Waals surface area contributed by atoms with Crippen LogP contribution in [0.2, 0.25) is 5.02 Å². The number of hydrogen-bond donors (Lipinski definition) is 2. The monoisotopic (exact) mass is 558 g/mol. The van der Waals surface area contributed by atoms with E-state index in [9.17, 15) is 23.1 Å². The zero-order valence-electron chi connectivity index (χ0n) is 21.2. The number of anilines is 1. The lowest BCUT2D eigenvalue weighted by Crippen LogP contribution is -2.31. The quantitative estimate of drug-likeness (QED) is 0.225. The second-order valence-corrected chi connectivity index (χ2v) is 10.3. The van der Waals surface area contributed by atoms with E-state index < -0.39 is 17.9 Å². The van der Waals surface area contributed by atoms with E-state index in [2.05, 4.69) is 15.3 Å². The number of rotatable bonds is 7. The van der Waals surface area contributed by atoms with Gasteiger partial charge in [0.25, 0.3) is 0 Å². The van der Waals surface area contributed by atoms with E-state index in [1.807, 2.05) is 30.5 Å². The van der Waals surface area contributed by atoms with Gasteiger partial charge in [-0.15, -0.1) is 0 Å². The van der Waals surface area contributed by atoms with Gasteiger partial charge in [0.15, 0.2) is 5.82 Å². The number of nitrogens with zero attached hydrogens (tertiary/aromatic N) is 3. The molecule has 2 N–H and O–H groups in total. The molecule has 11 heteroatoms. The Labute approximate surface area is 227 Å². The molecule has 1 fully saturated rings. The molecule has 0 unspecified atom stereocenters. The maximum absolute atomic E-state index is 13.1. The second kappa shape index (κ2) is 10.4. The van der Waals surface area contributed by atoms with Gasteiger partial charge in [-0.3, -0.25) is 0 Å². The van der Waals surface area contributed by atoms with Gasteiger partial charge >= 0.3 is 18.3 Å². The van der Waals surface area contributed by atoms with E-state index in [0.717, 1.165) is 37.0 Å². The molecule has 2 heterocycles. The smallest absolute Gasteiger partial charge is 0.449 e. The fourth-order valence-electron chi connectivity index (χ4n) is 4.84. The Morgan fingerprint density at radius 1 is 1.18 bits per heavy atom. The van der Waals surface area contributed by atoms with Gasteiger partial charge < -0.3 is 19.7 Å². The number of ether oxygens (including phenoxy) is 1. The molecule has 0 saturated heterocycles. The van der Waals surface area contributed by atoms with Crippen LogP contribution >= 0.6 is 11.6 Å². The van der Waals surface area contributed by atoms with Crippen molar-refractivity contribution in [3.63, 3.8) is 0 Å². The molecule has 4 aromatic rings. The molecule has 0 spiro atoms. The van der Waals surface area contributed by atoms with Gasteiger partial charge in [-0.05, 0) is 62.4 Å². The molecule has 0 aliphatic heterocycles. The molecule has 1 saturated carbocycles. The first-order valence-corrected chi connectivity index (χ1v) is 12.9. The van der Waals surface area contributed by atoms with E-state index in [-0.39, 0.29) is 18.6 Å². The highest BCUT2D eigenvalue weighted by Crippen LogP contribution is 2.39. The largest absolute Gasteiger partial charge is 0.513 e. The number of carbonyl (C=O) groups is 1. The van der Waals surface area contributed by atoms with E-state index in [0.29, 0.717) is 44.5 Å². The van der Waals surface area contributed by atoms with Crippen LogP contribution in [0, 0.1) is 12.8 Å². The minimum Gasteiger partial charge on any atom is -0.449 e. The predicted molar refractivity (Wildman–Crippen MR) is 142 cm³/mol. The summed E-state index contributed by atoms with van der Waals surface area (Å²) in [5.74, 6) is 0.806. The first-order chi connectivity index (χ1) is 18.5. The molecule has 7 nitrogen and oxygen atoms in total. The van der Waals surface area contributed by atoms with Crippen molar-refractivity contribution in [2.75, 3.05) is 5.32 Å². The summed E-state index contributed by atoms with van der Waals surface area (Å²) >= 11 is 6.58. The minimum atomic E-state index is -4.43. The van der Waals surface area contributed by atoms with E-state index in [1.165, 1.54) is 12.1 Å². The van der Waals surface area contributed by atoms with Crippen LogP contribution in [0.15, 0.2) is 48.7 Å². The molecular formula is C28H26ClF3N4O3. The number of alkyl halides is 3. The average molecular weight is 559 g/mol. The highest BCUT2D eigenvalue weighted by Gasteiger charge is 2.30. The summed E-state index contributed by atoms with van der Waals surface area (Å²) in [5, 5.41) is 13.1. The Kier molecular flexibility index (Phi) is 7.15. The maximum Gasteiger partial charge on any atom is 0.513 e. The van der Waals surface area contributed by atoms with Gasteiger partial charge in [-0.2, -0.15) is 23.1 Å².